The molecule has 0 heterocycles. The first-order chi connectivity index (χ1) is 7.43. The molecule has 0 amide bonds. The first-order valence-corrected chi connectivity index (χ1v) is 5.16. The van der Waals surface area contributed by atoms with E-state index >= 15 is 0 Å². The number of hydrogen-bond acceptors (Lipinski definition) is 2. The number of halogens is 2. The summed E-state index contributed by atoms with van der Waals surface area (Å²) in [5, 5.41) is 18.3. The fourth-order valence-corrected chi connectivity index (χ4v) is 1.52. The van der Waals surface area contributed by atoms with Crippen LogP contribution in [0.3, 0.4) is 0 Å². The number of hydrogen-bond donors (Lipinski definition) is 2. The van der Waals surface area contributed by atoms with E-state index in [-0.39, 0.29) is 17.0 Å². The molecule has 2 atom stereocenters. The van der Waals surface area contributed by atoms with Gasteiger partial charge in [-0.15, -0.1) is 0 Å². The number of benzene rings is 1. The molecule has 0 bridgehead atoms. The lowest BCUT2D eigenvalue weighted by molar-refractivity contribution is -0.142. The van der Waals surface area contributed by atoms with Crippen molar-refractivity contribution in [1.82, 2.24) is 0 Å². The fourth-order valence-electron chi connectivity index (χ4n) is 1.34. The van der Waals surface area contributed by atoms with Crippen molar-refractivity contribution in [1.29, 1.82) is 0 Å². The standard InChI is InChI=1S/C11H12ClFO3/c1-6(11(15)16)5-9(14)7-3-2-4-8(12)10(7)13/h2-4,6,9,14H,5H2,1H3,(H,15,16). The Morgan fingerprint density at radius 1 is 1.56 bits per heavy atom. The van der Waals surface area contributed by atoms with E-state index in [2.05, 4.69) is 0 Å². The van der Waals surface area contributed by atoms with Crippen LogP contribution in [0.25, 0.3) is 0 Å². The molecule has 2 unspecified atom stereocenters. The summed E-state index contributed by atoms with van der Waals surface area (Å²) in [6.45, 7) is 1.45. The minimum atomic E-state index is -1.16. The highest BCUT2D eigenvalue weighted by molar-refractivity contribution is 6.30. The molecule has 0 aliphatic heterocycles. The van der Waals surface area contributed by atoms with E-state index in [0.717, 1.165) is 0 Å². The van der Waals surface area contributed by atoms with Crippen LogP contribution in [0.15, 0.2) is 18.2 Å². The molecular formula is C11H12ClFO3. The summed E-state index contributed by atoms with van der Waals surface area (Å²) in [5.41, 5.74) is 0.0283. The van der Waals surface area contributed by atoms with Crippen molar-refractivity contribution in [2.75, 3.05) is 0 Å². The van der Waals surface area contributed by atoms with Gasteiger partial charge in [0.05, 0.1) is 17.0 Å². The highest BCUT2D eigenvalue weighted by Gasteiger charge is 2.20. The molecule has 0 saturated heterocycles. The van der Waals surface area contributed by atoms with Crippen molar-refractivity contribution in [3.05, 3.63) is 34.6 Å². The highest BCUT2D eigenvalue weighted by atomic mass is 35.5. The van der Waals surface area contributed by atoms with Crippen LogP contribution in [-0.4, -0.2) is 16.2 Å². The van der Waals surface area contributed by atoms with Crippen LogP contribution in [0, 0.1) is 11.7 Å². The van der Waals surface area contributed by atoms with E-state index < -0.39 is 23.8 Å². The number of carboxylic acids is 1. The number of carbonyl (C=O) groups is 1. The lowest BCUT2D eigenvalue weighted by Crippen LogP contribution is -2.14. The molecule has 0 spiro atoms. The maximum absolute atomic E-state index is 13.5. The van der Waals surface area contributed by atoms with Gasteiger partial charge in [-0.05, 0) is 12.5 Å². The van der Waals surface area contributed by atoms with Gasteiger partial charge < -0.3 is 10.2 Å². The van der Waals surface area contributed by atoms with Crippen molar-refractivity contribution in [2.24, 2.45) is 5.92 Å². The van der Waals surface area contributed by atoms with E-state index in [9.17, 15) is 14.3 Å². The molecule has 1 aromatic rings. The van der Waals surface area contributed by atoms with Crippen LogP contribution < -0.4 is 0 Å². The summed E-state index contributed by atoms with van der Waals surface area (Å²) >= 11 is 5.55. The molecule has 0 aliphatic carbocycles. The molecule has 0 aromatic heterocycles. The molecule has 1 rings (SSSR count). The van der Waals surface area contributed by atoms with Gasteiger partial charge in [0.2, 0.25) is 0 Å². The SMILES string of the molecule is CC(CC(O)c1cccc(Cl)c1F)C(=O)O. The van der Waals surface area contributed by atoms with E-state index in [1.54, 1.807) is 0 Å². The zero-order chi connectivity index (χ0) is 12.3. The molecule has 0 aliphatic rings. The Kier molecular flexibility index (Phi) is 4.26. The number of carboxylic acid groups (broad SMARTS) is 1. The third-order valence-corrected chi connectivity index (χ3v) is 2.63. The Hall–Kier alpha value is -1.13. The van der Waals surface area contributed by atoms with Crippen molar-refractivity contribution < 1.29 is 19.4 Å². The lowest BCUT2D eigenvalue weighted by atomic mass is 9.98. The average Bonchev–Trinajstić information content (AvgIpc) is 2.21. The van der Waals surface area contributed by atoms with E-state index in [1.165, 1.54) is 25.1 Å². The summed E-state index contributed by atoms with van der Waals surface area (Å²) in [6.07, 6.45) is -1.21. The molecule has 1 aromatic carbocycles. The van der Waals surface area contributed by atoms with Gasteiger partial charge in [-0.3, -0.25) is 4.79 Å². The molecular weight excluding hydrogens is 235 g/mol. The normalized spacial score (nSPS) is 14.5. The first-order valence-electron chi connectivity index (χ1n) is 4.78. The van der Waals surface area contributed by atoms with E-state index in [0.29, 0.717) is 0 Å². The van der Waals surface area contributed by atoms with Gasteiger partial charge in [0.1, 0.15) is 5.82 Å². The van der Waals surface area contributed by atoms with Crippen molar-refractivity contribution in [2.45, 2.75) is 19.4 Å². The van der Waals surface area contributed by atoms with Gasteiger partial charge in [0.25, 0.3) is 0 Å². The second-order valence-electron chi connectivity index (χ2n) is 3.63. The summed E-state index contributed by atoms with van der Waals surface area (Å²) in [7, 11) is 0. The second-order valence-corrected chi connectivity index (χ2v) is 4.04. The van der Waals surface area contributed by atoms with Crippen LogP contribution in [-0.2, 0) is 4.79 Å². The largest absolute Gasteiger partial charge is 0.481 e. The zero-order valence-corrected chi connectivity index (χ0v) is 9.41. The van der Waals surface area contributed by atoms with Crippen LogP contribution in [0.5, 0.6) is 0 Å². The number of aliphatic carboxylic acids is 1. The maximum Gasteiger partial charge on any atom is 0.306 e. The summed E-state index contributed by atoms with van der Waals surface area (Å²) < 4.78 is 13.5. The van der Waals surface area contributed by atoms with Gasteiger partial charge >= 0.3 is 5.97 Å². The molecule has 0 fully saturated rings. The molecule has 16 heavy (non-hydrogen) atoms. The summed E-state index contributed by atoms with van der Waals surface area (Å²) in [6, 6.07) is 4.27. The Bertz CT molecular complexity index is 395. The fraction of sp³-hybridized carbons (Fsp3) is 0.364. The predicted octanol–water partition coefficient (Wildman–Crippen LogP) is 2.62. The van der Waals surface area contributed by atoms with Crippen molar-refractivity contribution in [3.63, 3.8) is 0 Å². The van der Waals surface area contributed by atoms with Crippen LogP contribution in [0.2, 0.25) is 5.02 Å². The molecule has 0 radical (unpaired) electrons. The number of aliphatic hydroxyl groups excluding tert-OH is 1. The minimum absolute atomic E-state index is 0.0283. The van der Waals surface area contributed by atoms with Crippen molar-refractivity contribution >= 4 is 17.6 Å². The Morgan fingerprint density at radius 2 is 2.19 bits per heavy atom. The van der Waals surface area contributed by atoms with Crippen LogP contribution >= 0.6 is 11.6 Å². The van der Waals surface area contributed by atoms with Gasteiger partial charge in [-0.25, -0.2) is 4.39 Å². The van der Waals surface area contributed by atoms with E-state index in [1.807, 2.05) is 0 Å². The third kappa shape index (κ3) is 2.93. The highest BCUT2D eigenvalue weighted by Crippen LogP contribution is 2.27. The quantitative estimate of drug-likeness (QED) is 0.859. The smallest absolute Gasteiger partial charge is 0.306 e. The first kappa shape index (κ1) is 12.9. The predicted molar refractivity (Wildman–Crippen MR) is 57.8 cm³/mol. The van der Waals surface area contributed by atoms with Gasteiger partial charge in [-0.1, -0.05) is 30.7 Å². The molecule has 88 valence electrons. The Balaban J connectivity index is 2.84. The minimum Gasteiger partial charge on any atom is -0.481 e. The Labute approximate surface area is 97.5 Å². The van der Waals surface area contributed by atoms with Gasteiger partial charge in [-0.2, -0.15) is 0 Å². The second kappa shape index (κ2) is 5.27. The monoisotopic (exact) mass is 246 g/mol. The summed E-state index contributed by atoms with van der Waals surface area (Å²) in [4.78, 5) is 10.6. The molecule has 0 saturated carbocycles. The van der Waals surface area contributed by atoms with Crippen molar-refractivity contribution in [3.8, 4) is 0 Å². The average molecular weight is 247 g/mol. The number of aliphatic hydroxyl groups is 1. The summed E-state index contributed by atoms with van der Waals surface area (Å²) in [5.74, 6) is -2.47. The molecule has 3 nitrogen and oxygen atoms in total. The topological polar surface area (TPSA) is 57.5 Å². The number of rotatable bonds is 4. The third-order valence-electron chi connectivity index (χ3n) is 2.34. The van der Waals surface area contributed by atoms with Gasteiger partial charge in [0.15, 0.2) is 0 Å². The van der Waals surface area contributed by atoms with Crippen LogP contribution in [0.4, 0.5) is 4.39 Å². The molecule has 2 N–H and O–H groups in total. The Morgan fingerprint density at radius 3 is 2.75 bits per heavy atom. The van der Waals surface area contributed by atoms with Crippen LogP contribution in [0.1, 0.15) is 25.0 Å². The zero-order valence-electron chi connectivity index (χ0n) is 8.65. The van der Waals surface area contributed by atoms with E-state index in [4.69, 9.17) is 16.7 Å². The van der Waals surface area contributed by atoms with Gasteiger partial charge in [0, 0.05) is 5.56 Å². The molecule has 5 heteroatoms. The maximum atomic E-state index is 13.5. The lowest BCUT2D eigenvalue weighted by Gasteiger charge is -2.14.